The van der Waals surface area contributed by atoms with Crippen LogP contribution in [0.3, 0.4) is 0 Å². The summed E-state index contributed by atoms with van der Waals surface area (Å²) >= 11 is 6.34. The summed E-state index contributed by atoms with van der Waals surface area (Å²) in [4.78, 5) is 17.7. The van der Waals surface area contributed by atoms with Crippen LogP contribution in [0.25, 0.3) is 5.65 Å². The number of pyridine rings is 1. The van der Waals surface area contributed by atoms with Gasteiger partial charge in [-0.05, 0) is 56.5 Å². The number of ether oxygens (including phenoxy) is 1. The number of anilines is 1. The summed E-state index contributed by atoms with van der Waals surface area (Å²) in [6.07, 6.45) is 2.46. The van der Waals surface area contributed by atoms with Gasteiger partial charge in [-0.3, -0.25) is 9.20 Å². The molecule has 0 saturated heterocycles. The number of nitrogens with one attached hydrogen (secondary N) is 1. The third kappa shape index (κ3) is 3.27. The molecule has 0 bridgehead atoms. The van der Waals surface area contributed by atoms with Crippen LogP contribution >= 0.6 is 11.6 Å². The Bertz CT molecular complexity index is 956. The predicted molar refractivity (Wildman–Crippen MR) is 105 cm³/mol. The van der Waals surface area contributed by atoms with Gasteiger partial charge in [0.2, 0.25) is 0 Å². The number of rotatable bonds is 5. The highest BCUT2D eigenvalue weighted by Gasteiger charge is 2.21. The SMILES string of the molecule is CCOc1cccn2c(C(=O)Nc3c(C)cc(C)cc3Cl)c(CC)nc12. The molecule has 0 spiro atoms. The number of aryl methyl sites for hydroxylation is 3. The van der Waals surface area contributed by atoms with E-state index >= 15 is 0 Å². The number of benzene rings is 1. The molecular formula is C20H22ClN3O2. The minimum atomic E-state index is -0.239. The molecule has 6 heteroatoms. The van der Waals surface area contributed by atoms with E-state index in [-0.39, 0.29) is 5.91 Å². The minimum Gasteiger partial charge on any atom is -0.490 e. The van der Waals surface area contributed by atoms with E-state index in [2.05, 4.69) is 10.3 Å². The first-order valence-electron chi connectivity index (χ1n) is 8.67. The molecular weight excluding hydrogens is 350 g/mol. The summed E-state index contributed by atoms with van der Waals surface area (Å²) in [5, 5.41) is 3.48. The number of hydrogen-bond donors (Lipinski definition) is 1. The highest BCUT2D eigenvalue weighted by Crippen LogP contribution is 2.29. The number of fused-ring (bicyclic) bond motifs is 1. The van der Waals surface area contributed by atoms with E-state index in [0.717, 1.165) is 16.8 Å². The number of imidazole rings is 1. The lowest BCUT2D eigenvalue weighted by Crippen LogP contribution is -2.17. The van der Waals surface area contributed by atoms with Gasteiger partial charge in [0.05, 0.1) is 23.0 Å². The second-order valence-electron chi connectivity index (χ2n) is 6.15. The Morgan fingerprint density at radius 1 is 1.31 bits per heavy atom. The Morgan fingerprint density at radius 3 is 2.73 bits per heavy atom. The van der Waals surface area contributed by atoms with Crippen LogP contribution in [-0.2, 0) is 6.42 Å². The monoisotopic (exact) mass is 371 g/mol. The summed E-state index contributed by atoms with van der Waals surface area (Å²) < 4.78 is 7.42. The van der Waals surface area contributed by atoms with Gasteiger partial charge in [-0.25, -0.2) is 4.98 Å². The van der Waals surface area contributed by atoms with Crippen molar-refractivity contribution in [3.8, 4) is 5.75 Å². The molecule has 5 nitrogen and oxygen atoms in total. The van der Waals surface area contributed by atoms with Crippen molar-refractivity contribution >= 4 is 28.8 Å². The number of carbonyl (C=O) groups is 1. The van der Waals surface area contributed by atoms with Gasteiger partial charge in [0.25, 0.3) is 5.91 Å². The van der Waals surface area contributed by atoms with E-state index in [9.17, 15) is 4.79 Å². The molecule has 3 rings (SSSR count). The number of hydrogen-bond acceptors (Lipinski definition) is 3. The van der Waals surface area contributed by atoms with Crippen LogP contribution < -0.4 is 10.1 Å². The Morgan fingerprint density at radius 2 is 2.08 bits per heavy atom. The third-order valence-corrected chi connectivity index (χ3v) is 4.50. The van der Waals surface area contributed by atoms with Crippen molar-refractivity contribution in [3.05, 3.63) is 58.0 Å². The summed E-state index contributed by atoms with van der Waals surface area (Å²) in [7, 11) is 0. The normalized spacial score (nSPS) is 11.0. The Balaban J connectivity index is 2.07. The zero-order valence-corrected chi connectivity index (χ0v) is 16.1. The van der Waals surface area contributed by atoms with Gasteiger partial charge in [0, 0.05) is 6.20 Å². The van der Waals surface area contributed by atoms with E-state index in [1.54, 1.807) is 4.40 Å². The average molecular weight is 372 g/mol. The average Bonchev–Trinajstić information content (AvgIpc) is 2.98. The fourth-order valence-electron chi connectivity index (χ4n) is 3.09. The number of halogens is 1. The van der Waals surface area contributed by atoms with Crippen LogP contribution in [0.2, 0.25) is 5.02 Å². The predicted octanol–water partition coefficient (Wildman–Crippen LogP) is 4.82. The Kier molecular flexibility index (Phi) is 5.18. The Labute approximate surface area is 158 Å². The van der Waals surface area contributed by atoms with Crippen LogP contribution in [0.15, 0.2) is 30.5 Å². The molecule has 3 aromatic rings. The smallest absolute Gasteiger partial charge is 0.274 e. The van der Waals surface area contributed by atoms with Crippen molar-refractivity contribution in [1.29, 1.82) is 0 Å². The van der Waals surface area contributed by atoms with Crippen molar-refractivity contribution in [2.45, 2.75) is 34.1 Å². The van der Waals surface area contributed by atoms with Gasteiger partial charge in [-0.1, -0.05) is 24.6 Å². The molecule has 136 valence electrons. The molecule has 0 aliphatic carbocycles. The summed E-state index contributed by atoms with van der Waals surface area (Å²) in [5.41, 5.74) is 4.46. The number of amides is 1. The van der Waals surface area contributed by atoms with Gasteiger partial charge < -0.3 is 10.1 Å². The Hall–Kier alpha value is -2.53. The minimum absolute atomic E-state index is 0.239. The van der Waals surface area contributed by atoms with E-state index in [4.69, 9.17) is 16.3 Å². The summed E-state index contributed by atoms with van der Waals surface area (Å²) in [5.74, 6) is 0.421. The molecule has 26 heavy (non-hydrogen) atoms. The molecule has 1 N–H and O–H groups in total. The highest BCUT2D eigenvalue weighted by atomic mass is 35.5. The van der Waals surface area contributed by atoms with Crippen LogP contribution in [-0.4, -0.2) is 21.9 Å². The molecule has 2 aromatic heterocycles. The fraction of sp³-hybridized carbons (Fsp3) is 0.300. The molecule has 0 radical (unpaired) electrons. The van der Waals surface area contributed by atoms with E-state index in [0.29, 0.717) is 40.8 Å². The standard InChI is InChI=1S/C20H22ClN3O2/c1-5-15-18(24-9-7-8-16(26-6-2)19(24)22-15)20(25)23-17-13(4)10-12(3)11-14(17)21/h7-11H,5-6H2,1-4H3,(H,23,25). The maximum Gasteiger partial charge on any atom is 0.274 e. The lowest BCUT2D eigenvalue weighted by Gasteiger charge is -2.12. The molecule has 0 fully saturated rings. The van der Waals surface area contributed by atoms with Gasteiger partial charge >= 0.3 is 0 Å². The molecule has 0 atom stereocenters. The van der Waals surface area contributed by atoms with Crippen molar-refractivity contribution in [3.63, 3.8) is 0 Å². The van der Waals surface area contributed by atoms with Gasteiger partial charge in [0.1, 0.15) is 5.69 Å². The number of nitrogens with zero attached hydrogens (tertiary/aromatic N) is 2. The first-order chi connectivity index (χ1) is 12.5. The summed E-state index contributed by atoms with van der Waals surface area (Å²) in [6, 6.07) is 7.53. The molecule has 1 aromatic carbocycles. The topological polar surface area (TPSA) is 55.6 Å². The summed E-state index contributed by atoms with van der Waals surface area (Å²) in [6.45, 7) is 8.33. The zero-order valence-electron chi connectivity index (χ0n) is 15.4. The van der Waals surface area contributed by atoms with Crippen molar-refractivity contribution in [2.75, 3.05) is 11.9 Å². The third-order valence-electron chi connectivity index (χ3n) is 4.21. The quantitative estimate of drug-likeness (QED) is 0.699. The molecule has 0 saturated carbocycles. The van der Waals surface area contributed by atoms with Crippen LogP contribution in [0.4, 0.5) is 5.69 Å². The van der Waals surface area contributed by atoms with Crippen molar-refractivity contribution in [2.24, 2.45) is 0 Å². The van der Waals surface area contributed by atoms with Crippen LogP contribution in [0.5, 0.6) is 5.75 Å². The lowest BCUT2D eigenvalue weighted by molar-refractivity contribution is 0.102. The van der Waals surface area contributed by atoms with Gasteiger partial charge in [0.15, 0.2) is 11.4 Å². The molecule has 2 heterocycles. The van der Waals surface area contributed by atoms with Gasteiger partial charge in [-0.15, -0.1) is 0 Å². The second-order valence-corrected chi connectivity index (χ2v) is 6.56. The van der Waals surface area contributed by atoms with Crippen LogP contribution in [0, 0.1) is 13.8 Å². The first kappa shape index (κ1) is 18.3. The maximum absolute atomic E-state index is 13.1. The highest BCUT2D eigenvalue weighted by molar-refractivity contribution is 6.34. The number of carbonyl (C=O) groups excluding carboxylic acids is 1. The van der Waals surface area contributed by atoms with Gasteiger partial charge in [-0.2, -0.15) is 0 Å². The molecule has 0 aliphatic heterocycles. The lowest BCUT2D eigenvalue weighted by atomic mass is 10.1. The fourth-order valence-corrected chi connectivity index (χ4v) is 3.46. The number of aromatic nitrogens is 2. The van der Waals surface area contributed by atoms with Crippen molar-refractivity contribution in [1.82, 2.24) is 9.38 Å². The first-order valence-corrected chi connectivity index (χ1v) is 9.04. The molecule has 0 aliphatic rings. The zero-order chi connectivity index (χ0) is 18.8. The molecule has 0 unspecified atom stereocenters. The van der Waals surface area contributed by atoms with Crippen molar-refractivity contribution < 1.29 is 9.53 Å². The maximum atomic E-state index is 13.1. The van der Waals surface area contributed by atoms with E-state index < -0.39 is 0 Å². The largest absolute Gasteiger partial charge is 0.490 e. The van der Waals surface area contributed by atoms with Crippen LogP contribution in [0.1, 0.15) is 41.2 Å². The van der Waals surface area contributed by atoms with E-state index in [1.807, 2.05) is 58.2 Å². The molecule has 1 amide bonds. The second kappa shape index (κ2) is 7.38. The van der Waals surface area contributed by atoms with E-state index in [1.165, 1.54) is 0 Å².